The van der Waals surface area contributed by atoms with Gasteiger partial charge in [-0.2, -0.15) is 0 Å². The molecule has 2 rings (SSSR count). The molecule has 5 heteroatoms. The number of nitrogens with zero attached hydrogens (tertiary/aromatic N) is 3. The van der Waals surface area contributed by atoms with Crippen LogP contribution in [0.15, 0.2) is 22.8 Å². The number of hydrogen-bond acceptors (Lipinski definition) is 3. The molecule has 82 valence electrons. The molecular weight excluding hydrogens is 270 g/mol. The highest BCUT2D eigenvalue weighted by Crippen LogP contribution is 2.28. The van der Waals surface area contributed by atoms with Crippen LogP contribution in [-0.2, 0) is 7.05 Å². The minimum absolute atomic E-state index is 0.674. The predicted octanol–water partition coefficient (Wildman–Crippen LogP) is 2.37. The summed E-state index contributed by atoms with van der Waals surface area (Å²) in [6.07, 6.45) is 0.841. The quantitative estimate of drug-likeness (QED) is 0.793. The monoisotopic (exact) mass is 279 g/mol. The van der Waals surface area contributed by atoms with Gasteiger partial charge >= 0.3 is 0 Å². The molecule has 0 unspecified atom stereocenters. The van der Waals surface area contributed by atoms with Crippen molar-refractivity contribution < 1.29 is 4.79 Å². The third kappa shape index (κ3) is 1.78. The Labute approximate surface area is 101 Å². The van der Waals surface area contributed by atoms with Crippen LogP contribution in [0.4, 0.5) is 0 Å². The second-order valence-electron chi connectivity index (χ2n) is 3.54. The lowest BCUT2D eigenvalue weighted by Gasteiger charge is -2.06. The second kappa shape index (κ2) is 4.17. The number of halogens is 1. The van der Waals surface area contributed by atoms with Gasteiger partial charge in [0.15, 0.2) is 4.60 Å². The van der Waals surface area contributed by atoms with Crippen molar-refractivity contribution in [2.75, 3.05) is 0 Å². The smallest absolute Gasteiger partial charge is 0.156 e. The number of hydrogen-bond donors (Lipinski definition) is 0. The fourth-order valence-corrected chi connectivity index (χ4v) is 2.18. The first-order valence-corrected chi connectivity index (χ1v) is 5.54. The lowest BCUT2D eigenvalue weighted by atomic mass is 10.0. The second-order valence-corrected chi connectivity index (χ2v) is 4.30. The first-order valence-electron chi connectivity index (χ1n) is 4.75. The number of rotatable bonds is 2. The normalized spacial score (nSPS) is 10.4. The van der Waals surface area contributed by atoms with Crippen molar-refractivity contribution in [3.05, 3.63) is 33.9 Å². The van der Waals surface area contributed by atoms with Crippen LogP contribution < -0.4 is 0 Å². The Morgan fingerprint density at radius 1 is 1.44 bits per heavy atom. The first kappa shape index (κ1) is 11.0. The van der Waals surface area contributed by atoms with Crippen LogP contribution >= 0.6 is 15.9 Å². The van der Waals surface area contributed by atoms with E-state index in [-0.39, 0.29) is 0 Å². The van der Waals surface area contributed by atoms with E-state index >= 15 is 0 Å². The van der Waals surface area contributed by atoms with Gasteiger partial charge < -0.3 is 0 Å². The van der Waals surface area contributed by atoms with E-state index in [1.165, 1.54) is 0 Å². The van der Waals surface area contributed by atoms with Gasteiger partial charge in [-0.25, -0.2) is 4.68 Å². The molecule has 16 heavy (non-hydrogen) atoms. The van der Waals surface area contributed by atoms with Crippen LogP contribution in [-0.4, -0.2) is 21.3 Å². The summed E-state index contributed by atoms with van der Waals surface area (Å²) in [5.41, 5.74) is 3.63. The summed E-state index contributed by atoms with van der Waals surface area (Å²) in [6, 6.07) is 5.54. The summed E-state index contributed by atoms with van der Waals surface area (Å²) in [5.74, 6) is 0. The van der Waals surface area contributed by atoms with Crippen LogP contribution in [0, 0.1) is 6.92 Å². The standard InChI is InChI=1S/C11H10BrN3O/c1-7-5-8(6-16)3-4-9(7)10-11(12)13-14-15(10)2/h3-6H,1-2H3. The fourth-order valence-electron chi connectivity index (χ4n) is 1.64. The van der Waals surface area contributed by atoms with Crippen LogP contribution in [0.2, 0.25) is 0 Å². The highest BCUT2D eigenvalue weighted by molar-refractivity contribution is 9.10. The van der Waals surface area contributed by atoms with Crippen molar-refractivity contribution in [1.29, 1.82) is 0 Å². The van der Waals surface area contributed by atoms with Crippen LogP contribution in [0.25, 0.3) is 11.3 Å². The van der Waals surface area contributed by atoms with Gasteiger partial charge in [0, 0.05) is 18.2 Å². The number of aromatic nitrogens is 3. The summed E-state index contributed by atoms with van der Waals surface area (Å²) >= 11 is 3.36. The van der Waals surface area contributed by atoms with Crippen LogP contribution in [0.1, 0.15) is 15.9 Å². The number of aldehydes is 1. The van der Waals surface area contributed by atoms with E-state index in [4.69, 9.17) is 0 Å². The van der Waals surface area contributed by atoms with Gasteiger partial charge in [0.25, 0.3) is 0 Å². The average molecular weight is 280 g/mol. The van der Waals surface area contributed by atoms with Gasteiger partial charge in [0.2, 0.25) is 0 Å². The molecule has 0 aliphatic rings. The molecule has 4 nitrogen and oxygen atoms in total. The van der Waals surface area contributed by atoms with Gasteiger partial charge in [-0.05, 0) is 34.5 Å². The molecule has 0 atom stereocenters. The maximum absolute atomic E-state index is 10.7. The Morgan fingerprint density at radius 2 is 2.19 bits per heavy atom. The molecule has 0 aliphatic carbocycles. The molecular formula is C11H10BrN3O. The summed E-state index contributed by atoms with van der Waals surface area (Å²) in [6.45, 7) is 1.96. The maximum Gasteiger partial charge on any atom is 0.156 e. The van der Waals surface area contributed by atoms with Crippen LogP contribution in [0.5, 0.6) is 0 Å². The minimum atomic E-state index is 0.674. The molecule has 0 radical (unpaired) electrons. The van der Waals surface area contributed by atoms with Crippen molar-refractivity contribution in [3.63, 3.8) is 0 Å². The van der Waals surface area contributed by atoms with Gasteiger partial charge in [-0.1, -0.05) is 17.3 Å². The van der Waals surface area contributed by atoms with E-state index in [1.807, 2.05) is 26.1 Å². The number of carbonyl (C=O) groups excluding carboxylic acids is 1. The Bertz CT molecular complexity index is 529. The van der Waals surface area contributed by atoms with Crippen molar-refractivity contribution >= 4 is 22.2 Å². The fraction of sp³-hybridized carbons (Fsp3) is 0.182. The third-order valence-electron chi connectivity index (χ3n) is 2.43. The molecule has 0 N–H and O–H groups in total. The molecule has 0 amide bonds. The molecule has 1 aromatic heterocycles. The van der Waals surface area contributed by atoms with Gasteiger partial charge in [0.1, 0.15) is 12.0 Å². The molecule has 2 aromatic rings. The zero-order chi connectivity index (χ0) is 11.7. The number of benzene rings is 1. The third-order valence-corrected chi connectivity index (χ3v) is 2.96. The number of carbonyl (C=O) groups is 1. The largest absolute Gasteiger partial charge is 0.298 e. The summed E-state index contributed by atoms with van der Waals surface area (Å²) in [5, 5.41) is 7.86. The average Bonchev–Trinajstić information content (AvgIpc) is 2.59. The lowest BCUT2D eigenvalue weighted by Crippen LogP contribution is -1.96. The van der Waals surface area contributed by atoms with E-state index in [9.17, 15) is 4.79 Å². The molecule has 0 fully saturated rings. The molecule has 0 saturated carbocycles. The topological polar surface area (TPSA) is 47.8 Å². The highest BCUT2D eigenvalue weighted by Gasteiger charge is 2.12. The SMILES string of the molecule is Cc1cc(C=O)ccc1-c1c(Br)nnn1C. The maximum atomic E-state index is 10.7. The number of aryl methyl sites for hydroxylation is 2. The summed E-state index contributed by atoms with van der Waals surface area (Å²) < 4.78 is 2.41. The lowest BCUT2D eigenvalue weighted by molar-refractivity contribution is 0.112. The van der Waals surface area contributed by atoms with Crippen molar-refractivity contribution in [2.45, 2.75) is 6.92 Å². The molecule has 0 saturated heterocycles. The van der Waals surface area contributed by atoms with Crippen molar-refractivity contribution in [2.24, 2.45) is 7.05 Å². The van der Waals surface area contributed by atoms with Gasteiger partial charge in [0.05, 0.1) is 0 Å². The zero-order valence-corrected chi connectivity index (χ0v) is 10.5. The van der Waals surface area contributed by atoms with E-state index in [0.717, 1.165) is 23.1 Å². The Morgan fingerprint density at radius 3 is 2.69 bits per heavy atom. The minimum Gasteiger partial charge on any atom is -0.298 e. The molecule has 1 aromatic carbocycles. The van der Waals surface area contributed by atoms with Crippen molar-refractivity contribution in [3.8, 4) is 11.3 Å². The van der Waals surface area contributed by atoms with Gasteiger partial charge in [-0.15, -0.1) is 5.10 Å². The van der Waals surface area contributed by atoms with E-state index in [1.54, 1.807) is 10.7 Å². The Balaban J connectivity index is 2.61. The first-order chi connectivity index (χ1) is 7.63. The highest BCUT2D eigenvalue weighted by atomic mass is 79.9. The molecule has 0 aliphatic heterocycles. The van der Waals surface area contributed by atoms with E-state index < -0.39 is 0 Å². The van der Waals surface area contributed by atoms with E-state index in [2.05, 4.69) is 26.2 Å². The summed E-state index contributed by atoms with van der Waals surface area (Å²) in [4.78, 5) is 10.7. The van der Waals surface area contributed by atoms with Crippen molar-refractivity contribution in [1.82, 2.24) is 15.0 Å². The Hall–Kier alpha value is -1.49. The van der Waals surface area contributed by atoms with E-state index in [0.29, 0.717) is 10.2 Å². The Kier molecular flexibility index (Phi) is 2.87. The summed E-state index contributed by atoms with van der Waals surface area (Å²) in [7, 11) is 1.83. The molecule has 1 heterocycles. The van der Waals surface area contributed by atoms with Crippen LogP contribution in [0.3, 0.4) is 0 Å². The predicted molar refractivity (Wildman–Crippen MR) is 64.3 cm³/mol. The zero-order valence-electron chi connectivity index (χ0n) is 8.94. The van der Waals surface area contributed by atoms with Gasteiger partial charge in [-0.3, -0.25) is 4.79 Å². The molecule has 0 bridgehead atoms. The molecule has 0 spiro atoms.